The monoisotopic (exact) mass is 483 g/mol. The van der Waals surface area contributed by atoms with Crippen molar-refractivity contribution in [2.45, 2.75) is 32.5 Å². The number of benzene rings is 2. The van der Waals surface area contributed by atoms with Crippen LogP contribution in [0.3, 0.4) is 0 Å². The van der Waals surface area contributed by atoms with E-state index in [1.807, 2.05) is 6.07 Å². The molecular formula is C24H19ClF5NO2. The molecule has 0 saturated heterocycles. The Bertz CT molecular complexity index is 1120. The number of ether oxygens (including phenoxy) is 1. The van der Waals surface area contributed by atoms with Gasteiger partial charge < -0.3 is 4.74 Å². The first-order valence-corrected chi connectivity index (χ1v) is 10.3. The third-order valence-corrected chi connectivity index (χ3v) is 6.13. The smallest absolute Gasteiger partial charge is 0.426 e. The number of nitriles is 1. The van der Waals surface area contributed by atoms with Crippen molar-refractivity contribution in [3.05, 3.63) is 81.9 Å². The van der Waals surface area contributed by atoms with E-state index in [1.165, 1.54) is 36.4 Å². The van der Waals surface area contributed by atoms with Gasteiger partial charge in [-0.3, -0.25) is 4.79 Å². The van der Waals surface area contributed by atoms with Crippen molar-refractivity contribution in [3.63, 3.8) is 0 Å². The van der Waals surface area contributed by atoms with Crippen LogP contribution in [0.1, 0.15) is 36.6 Å². The molecule has 1 saturated carbocycles. The Morgan fingerprint density at radius 1 is 1.21 bits per heavy atom. The summed E-state index contributed by atoms with van der Waals surface area (Å²) in [4.78, 5) is 12.6. The molecule has 0 spiro atoms. The Balaban J connectivity index is 1.76. The standard InChI is InChI=1S/C24H19ClF5NO2/c1-23(2)17(11-20(25)24(28,29)30)21(23)22(32)33-19(12-31)14-5-8-18(27)15(10-14)9-13-3-6-16(26)7-4-13/h3-8,10-11,17,19,21H,9H2,1-2H3. The van der Waals surface area contributed by atoms with Crippen LogP contribution in [0.5, 0.6) is 0 Å². The molecule has 0 bridgehead atoms. The van der Waals surface area contributed by atoms with Gasteiger partial charge in [0.15, 0.2) is 0 Å². The Morgan fingerprint density at radius 2 is 1.85 bits per heavy atom. The predicted octanol–water partition coefficient (Wildman–Crippen LogP) is 6.62. The summed E-state index contributed by atoms with van der Waals surface area (Å²) in [5.41, 5.74) is 0.218. The molecule has 0 amide bonds. The Kier molecular flexibility index (Phi) is 6.85. The minimum Gasteiger partial charge on any atom is -0.442 e. The average molecular weight is 484 g/mol. The molecule has 0 heterocycles. The van der Waals surface area contributed by atoms with Crippen LogP contribution in [-0.4, -0.2) is 12.1 Å². The van der Waals surface area contributed by atoms with E-state index in [1.54, 1.807) is 13.8 Å². The lowest BCUT2D eigenvalue weighted by Crippen LogP contribution is -2.15. The summed E-state index contributed by atoms with van der Waals surface area (Å²) >= 11 is 5.30. The van der Waals surface area contributed by atoms with Crippen LogP contribution in [0.25, 0.3) is 0 Å². The van der Waals surface area contributed by atoms with Gasteiger partial charge in [0.05, 0.1) is 5.92 Å². The molecule has 0 radical (unpaired) electrons. The quantitative estimate of drug-likeness (QED) is 0.342. The molecule has 9 heteroatoms. The number of alkyl halides is 3. The minimum atomic E-state index is -4.72. The number of allylic oxidation sites excluding steroid dienone is 2. The Hall–Kier alpha value is -2.92. The van der Waals surface area contributed by atoms with Crippen molar-refractivity contribution >= 4 is 17.6 Å². The molecule has 3 rings (SSSR count). The molecule has 3 unspecified atom stereocenters. The summed E-state index contributed by atoms with van der Waals surface area (Å²) in [5, 5.41) is 8.19. The molecule has 2 aromatic rings. The molecular weight excluding hydrogens is 465 g/mol. The zero-order valence-corrected chi connectivity index (χ0v) is 18.3. The van der Waals surface area contributed by atoms with E-state index in [2.05, 4.69) is 0 Å². The number of carbonyl (C=O) groups is 1. The van der Waals surface area contributed by atoms with Gasteiger partial charge in [0, 0.05) is 12.0 Å². The van der Waals surface area contributed by atoms with Gasteiger partial charge in [-0.15, -0.1) is 0 Å². The van der Waals surface area contributed by atoms with Crippen molar-refractivity contribution in [2.24, 2.45) is 17.3 Å². The van der Waals surface area contributed by atoms with Crippen LogP contribution in [-0.2, 0) is 16.0 Å². The summed E-state index contributed by atoms with van der Waals surface area (Å²) in [6, 6.07) is 11.1. The fraction of sp³-hybridized carbons (Fsp3) is 0.333. The molecule has 174 valence electrons. The summed E-state index contributed by atoms with van der Waals surface area (Å²) in [5.74, 6) is -3.55. The molecule has 2 aromatic carbocycles. The molecule has 0 aromatic heterocycles. The largest absolute Gasteiger partial charge is 0.442 e. The van der Waals surface area contributed by atoms with Gasteiger partial charge in [0.2, 0.25) is 6.10 Å². The van der Waals surface area contributed by atoms with Crippen LogP contribution >= 0.6 is 11.6 Å². The fourth-order valence-electron chi connectivity index (χ4n) is 3.76. The van der Waals surface area contributed by atoms with Crippen molar-refractivity contribution in [1.82, 2.24) is 0 Å². The van der Waals surface area contributed by atoms with Gasteiger partial charge in [0.1, 0.15) is 22.7 Å². The van der Waals surface area contributed by atoms with E-state index in [-0.39, 0.29) is 17.5 Å². The lowest BCUT2D eigenvalue weighted by molar-refractivity contribution is -0.149. The molecule has 3 atom stereocenters. The zero-order chi connectivity index (χ0) is 24.6. The summed E-state index contributed by atoms with van der Waals surface area (Å²) in [6.45, 7) is 3.20. The SMILES string of the molecule is CC1(C)C(C=C(Cl)C(F)(F)F)C1C(=O)OC(C#N)c1ccc(F)c(Cc2ccc(F)cc2)c1. The van der Waals surface area contributed by atoms with Crippen LogP contribution in [0, 0.1) is 40.2 Å². The van der Waals surface area contributed by atoms with E-state index in [4.69, 9.17) is 16.3 Å². The van der Waals surface area contributed by atoms with E-state index in [0.29, 0.717) is 5.56 Å². The first-order valence-electron chi connectivity index (χ1n) is 9.92. The molecule has 1 aliphatic carbocycles. The summed E-state index contributed by atoms with van der Waals surface area (Å²) in [6.07, 6.45) is -5.21. The first-order chi connectivity index (χ1) is 15.3. The third-order valence-electron chi connectivity index (χ3n) is 5.79. The Labute approximate surface area is 192 Å². The van der Waals surface area contributed by atoms with Crippen LogP contribution < -0.4 is 0 Å². The number of halogens is 6. The molecule has 1 aliphatic rings. The number of rotatable bonds is 6. The maximum Gasteiger partial charge on any atom is 0.426 e. The number of esters is 1. The second-order valence-corrected chi connectivity index (χ2v) is 8.84. The number of hydrogen-bond acceptors (Lipinski definition) is 3. The van der Waals surface area contributed by atoms with E-state index < -0.39 is 52.2 Å². The minimum absolute atomic E-state index is 0.116. The van der Waals surface area contributed by atoms with Gasteiger partial charge in [-0.05, 0) is 46.7 Å². The highest BCUT2D eigenvalue weighted by atomic mass is 35.5. The van der Waals surface area contributed by atoms with E-state index >= 15 is 0 Å². The van der Waals surface area contributed by atoms with Crippen LogP contribution in [0.2, 0.25) is 0 Å². The number of carbonyl (C=O) groups excluding carboxylic acids is 1. The van der Waals surface area contributed by atoms with Crippen molar-refractivity contribution in [1.29, 1.82) is 5.26 Å². The fourth-order valence-corrected chi connectivity index (χ4v) is 3.90. The summed E-state index contributed by atoms with van der Waals surface area (Å²) in [7, 11) is 0. The summed E-state index contributed by atoms with van der Waals surface area (Å²) < 4.78 is 70.9. The maximum atomic E-state index is 14.3. The van der Waals surface area contributed by atoms with E-state index in [9.17, 15) is 32.0 Å². The molecule has 1 fully saturated rings. The first kappa shape index (κ1) is 24.7. The van der Waals surface area contributed by atoms with Crippen LogP contribution in [0.4, 0.5) is 22.0 Å². The van der Waals surface area contributed by atoms with Gasteiger partial charge in [-0.25, -0.2) is 8.78 Å². The predicted molar refractivity (Wildman–Crippen MR) is 111 cm³/mol. The zero-order valence-electron chi connectivity index (χ0n) is 17.6. The number of hydrogen-bond donors (Lipinski definition) is 0. The molecule has 0 N–H and O–H groups in total. The van der Waals surface area contributed by atoms with Gasteiger partial charge in [0.25, 0.3) is 0 Å². The second kappa shape index (κ2) is 9.14. The highest BCUT2D eigenvalue weighted by Gasteiger charge is 2.62. The van der Waals surface area contributed by atoms with Gasteiger partial charge in [-0.1, -0.05) is 49.7 Å². The third kappa shape index (κ3) is 5.53. The van der Waals surface area contributed by atoms with Crippen molar-refractivity contribution in [2.75, 3.05) is 0 Å². The molecule has 33 heavy (non-hydrogen) atoms. The maximum absolute atomic E-state index is 14.3. The highest BCUT2D eigenvalue weighted by Crippen LogP contribution is 2.60. The van der Waals surface area contributed by atoms with Crippen LogP contribution in [0.15, 0.2) is 53.6 Å². The number of nitrogens with zero attached hydrogens (tertiary/aromatic N) is 1. The topological polar surface area (TPSA) is 50.1 Å². The van der Waals surface area contributed by atoms with Crippen molar-refractivity contribution < 1.29 is 31.5 Å². The average Bonchev–Trinajstić information content (AvgIpc) is 3.28. The van der Waals surface area contributed by atoms with Gasteiger partial charge in [-0.2, -0.15) is 18.4 Å². The van der Waals surface area contributed by atoms with Gasteiger partial charge >= 0.3 is 12.1 Å². The molecule has 3 nitrogen and oxygen atoms in total. The normalized spacial score (nSPS) is 20.6. The Morgan fingerprint density at radius 3 is 2.42 bits per heavy atom. The molecule has 0 aliphatic heterocycles. The lowest BCUT2D eigenvalue weighted by atomic mass is 10.00. The highest BCUT2D eigenvalue weighted by molar-refractivity contribution is 6.30. The lowest BCUT2D eigenvalue weighted by Gasteiger charge is -2.14. The van der Waals surface area contributed by atoms with Crippen molar-refractivity contribution in [3.8, 4) is 6.07 Å². The second-order valence-electron chi connectivity index (χ2n) is 8.44. The van der Waals surface area contributed by atoms with E-state index in [0.717, 1.165) is 12.1 Å².